The van der Waals surface area contributed by atoms with Gasteiger partial charge in [0.25, 0.3) is 5.91 Å². The van der Waals surface area contributed by atoms with Crippen LogP contribution in [0.15, 0.2) is 18.3 Å². The third-order valence-corrected chi connectivity index (χ3v) is 3.13. The Labute approximate surface area is 107 Å². The zero-order valence-corrected chi connectivity index (χ0v) is 11.0. The van der Waals surface area contributed by atoms with Crippen molar-refractivity contribution >= 4 is 11.7 Å². The van der Waals surface area contributed by atoms with E-state index in [4.69, 9.17) is 4.74 Å². The molecule has 0 radical (unpaired) electrons. The SMILES string of the molecule is CC1OCCC1Nc1ccc(C(=O)N(C)C)cn1. The standard InChI is InChI=1S/C13H19N3O2/c1-9-11(6-7-18-9)15-12-5-4-10(8-14-12)13(17)16(2)3/h4-5,8-9,11H,6-7H2,1-3H3,(H,14,15). The van der Waals surface area contributed by atoms with Crippen LogP contribution in [0, 0.1) is 0 Å². The third kappa shape index (κ3) is 2.79. The van der Waals surface area contributed by atoms with Crippen LogP contribution in [-0.4, -0.2) is 48.6 Å². The third-order valence-electron chi connectivity index (χ3n) is 3.13. The van der Waals surface area contributed by atoms with Crippen molar-refractivity contribution in [3.63, 3.8) is 0 Å². The molecule has 1 aromatic rings. The summed E-state index contributed by atoms with van der Waals surface area (Å²) in [6.07, 6.45) is 2.79. The van der Waals surface area contributed by atoms with Crippen LogP contribution in [0.3, 0.4) is 0 Å². The van der Waals surface area contributed by atoms with Crippen LogP contribution in [0.1, 0.15) is 23.7 Å². The fraction of sp³-hybridized carbons (Fsp3) is 0.538. The summed E-state index contributed by atoms with van der Waals surface area (Å²) in [5.41, 5.74) is 0.598. The molecule has 1 fully saturated rings. The van der Waals surface area contributed by atoms with Crippen molar-refractivity contribution in [3.05, 3.63) is 23.9 Å². The fourth-order valence-electron chi connectivity index (χ4n) is 1.98. The van der Waals surface area contributed by atoms with Crippen molar-refractivity contribution < 1.29 is 9.53 Å². The summed E-state index contributed by atoms with van der Waals surface area (Å²) in [6.45, 7) is 2.84. The highest BCUT2D eigenvalue weighted by Crippen LogP contribution is 2.17. The quantitative estimate of drug-likeness (QED) is 0.879. The van der Waals surface area contributed by atoms with Crippen LogP contribution in [0.4, 0.5) is 5.82 Å². The van der Waals surface area contributed by atoms with Gasteiger partial charge in [0.05, 0.1) is 17.7 Å². The van der Waals surface area contributed by atoms with Crippen molar-refractivity contribution in [1.29, 1.82) is 0 Å². The molecule has 0 bridgehead atoms. The van der Waals surface area contributed by atoms with E-state index in [2.05, 4.69) is 17.2 Å². The molecule has 5 nitrogen and oxygen atoms in total. The smallest absolute Gasteiger partial charge is 0.254 e. The van der Waals surface area contributed by atoms with Gasteiger partial charge in [-0.25, -0.2) is 4.98 Å². The number of nitrogens with zero attached hydrogens (tertiary/aromatic N) is 2. The lowest BCUT2D eigenvalue weighted by Gasteiger charge is -2.17. The minimum Gasteiger partial charge on any atom is -0.376 e. The van der Waals surface area contributed by atoms with Crippen molar-refractivity contribution in [2.45, 2.75) is 25.5 Å². The molecule has 18 heavy (non-hydrogen) atoms. The Morgan fingerprint density at radius 1 is 1.50 bits per heavy atom. The van der Waals surface area contributed by atoms with Crippen molar-refractivity contribution in [1.82, 2.24) is 9.88 Å². The van der Waals surface area contributed by atoms with Gasteiger partial charge >= 0.3 is 0 Å². The average molecular weight is 249 g/mol. The zero-order chi connectivity index (χ0) is 13.1. The molecule has 5 heteroatoms. The van der Waals surface area contributed by atoms with Gasteiger partial charge in [-0.3, -0.25) is 4.79 Å². The number of nitrogens with one attached hydrogen (secondary N) is 1. The summed E-state index contributed by atoms with van der Waals surface area (Å²) in [4.78, 5) is 17.5. The van der Waals surface area contributed by atoms with Gasteiger partial charge in [-0.1, -0.05) is 0 Å². The maximum Gasteiger partial charge on any atom is 0.254 e. The van der Waals surface area contributed by atoms with E-state index >= 15 is 0 Å². The molecule has 1 amide bonds. The van der Waals surface area contributed by atoms with Gasteiger partial charge in [0, 0.05) is 26.9 Å². The molecule has 0 spiro atoms. The Kier molecular flexibility index (Phi) is 3.81. The molecule has 1 N–H and O–H groups in total. The first-order chi connectivity index (χ1) is 8.58. The number of carbonyl (C=O) groups excluding carboxylic acids is 1. The van der Waals surface area contributed by atoms with Gasteiger partial charge in [0.1, 0.15) is 5.82 Å². The number of pyridine rings is 1. The first-order valence-electron chi connectivity index (χ1n) is 6.14. The van der Waals surface area contributed by atoms with E-state index in [0.717, 1.165) is 18.8 Å². The fourth-order valence-corrected chi connectivity index (χ4v) is 1.98. The van der Waals surface area contributed by atoms with Crippen molar-refractivity contribution in [2.75, 3.05) is 26.0 Å². The molecule has 1 aliphatic heterocycles. The predicted octanol–water partition coefficient (Wildman–Crippen LogP) is 1.37. The summed E-state index contributed by atoms with van der Waals surface area (Å²) in [7, 11) is 3.46. The number of hydrogen-bond acceptors (Lipinski definition) is 4. The van der Waals surface area contributed by atoms with E-state index in [-0.39, 0.29) is 12.0 Å². The first kappa shape index (κ1) is 12.8. The van der Waals surface area contributed by atoms with E-state index in [9.17, 15) is 4.79 Å². The molecule has 2 atom stereocenters. The van der Waals surface area contributed by atoms with Gasteiger partial charge in [0.2, 0.25) is 0 Å². The van der Waals surface area contributed by atoms with Crippen LogP contribution < -0.4 is 5.32 Å². The summed E-state index contributed by atoms with van der Waals surface area (Å²) in [5, 5.41) is 3.32. The van der Waals surface area contributed by atoms with Gasteiger partial charge in [-0.05, 0) is 25.5 Å². The molecular formula is C13H19N3O2. The van der Waals surface area contributed by atoms with E-state index in [1.54, 1.807) is 26.4 Å². The van der Waals surface area contributed by atoms with Crippen molar-refractivity contribution in [2.24, 2.45) is 0 Å². The van der Waals surface area contributed by atoms with Gasteiger partial charge in [0.15, 0.2) is 0 Å². The molecule has 2 heterocycles. The van der Waals surface area contributed by atoms with Crippen LogP contribution >= 0.6 is 0 Å². The molecule has 0 aliphatic carbocycles. The Morgan fingerprint density at radius 2 is 2.28 bits per heavy atom. The van der Waals surface area contributed by atoms with E-state index < -0.39 is 0 Å². The Bertz CT molecular complexity index is 417. The summed E-state index contributed by atoms with van der Waals surface area (Å²) >= 11 is 0. The Morgan fingerprint density at radius 3 is 2.78 bits per heavy atom. The summed E-state index contributed by atoms with van der Waals surface area (Å²) in [5.74, 6) is 0.749. The number of rotatable bonds is 3. The molecule has 0 aromatic carbocycles. The minimum absolute atomic E-state index is 0.0355. The predicted molar refractivity (Wildman–Crippen MR) is 69.7 cm³/mol. The second kappa shape index (κ2) is 5.35. The number of ether oxygens (including phenoxy) is 1. The zero-order valence-electron chi connectivity index (χ0n) is 11.0. The monoisotopic (exact) mass is 249 g/mol. The highest BCUT2D eigenvalue weighted by atomic mass is 16.5. The molecule has 98 valence electrons. The van der Waals surface area contributed by atoms with Crippen molar-refractivity contribution in [3.8, 4) is 0 Å². The maximum atomic E-state index is 11.7. The molecule has 1 aliphatic rings. The number of amides is 1. The van der Waals surface area contributed by atoms with Gasteiger partial charge in [-0.15, -0.1) is 0 Å². The molecule has 1 saturated heterocycles. The second-order valence-electron chi connectivity index (χ2n) is 4.75. The van der Waals surface area contributed by atoms with E-state index in [0.29, 0.717) is 11.6 Å². The minimum atomic E-state index is -0.0355. The van der Waals surface area contributed by atoms with E-state index in [1.807, 2.05) is 6.07 Å². The summed E-state index contributed by atoms with van der Waals surface area (Å²) < 4.78 is 5.48. The lowest BCUT2D eigenvalue weighted by molar-refractivity contribution is 0.0827. The lowest BCUT2D eigenvalue weighted by atomic mass is 10.1. The van der Waals surface area contributed by atoms with Gasteiger partial charge in [-0.2, -0.15) is 0 Å². The Hall–Kier alpha value is -1.62. The van der Waals surface area contributed by atoms with Crippen LogP contribution in [0.5, 0.6) is 0 Å². The number of aromatic nitrogens is 1. The highest BCUT2D eigenvalue weighted by Gasteiger charge is 2.24. The maximum absolute atomic E-state index is 11.7. The molecular weight excluding hydrogens is 230 g/mol. The highest BCUT2D eigenvalue weighted by molar-refractivity contribution is 5.93. The van der Waals surface area contributed by atoms with Crippen LogP contribution in [0.25, 0.3) is 0 Å². The van der Waals surface area contributed by atoms with Crippen LogP contribution in [0.2, 0.25) is 0 Å². The van der Waals surface area contributed by atoms with Crippen LogP contribution in [-0.2, 0) is 4.74 Å². The second-order valence-corrected chi connectivity index (χ2v) is 4.75. The molecule has 2 unspecified atom stereocenters. The normalized spacial score (nSPS) is 22.8. The van der Waals surface area contributed by atoms with E-state index in [1.165, 1.54) is 4.90 Å². The Balaban J connectivity index is 2.01. The molecule has 1 aromatic heterocycles. The largest absolute Gasteiger partial charge is 0.376 e. The molecule has 0 saturated carbocycles. The lowest BCUT2D eigenvalue weighted by Crippen LogP contribution is -2.27. The molecule has 2 rings (SSSR count). The van der Waals surface area contributed by atoms with Gasteiger partial charge < -0.3 is 15.0 Å². The topological polar surface area (TPSA) is 54.5 Å². The number of carbonyl (C=O) groups is 1. The number of hydrogen-bond donors (Lipinski definition) is 1. The average Bonchev–Trinajstić information content (AvgIpc) is 2.75. The first-order valence-corrected chi connectivity index (χ1v) is 6.14. The number of anilines is 1. The summed E-state index contributed by atoms with van der Waals surface area (Å²) in [6, 6.07) is 3.92.